The predicted molar refractivity (Wildman–Crippen MR) is 119 cm³/mol. The Morgan fingerprint density at radius 1 is 1.09 bits per heavy atom. The van der Waals surface area contributed by atoms with Crippen molar-refractivity contribution in [2.75, 3.05) is 5.43 Å². The van der Waals surface area contributed by atoms with Crippen molar-refractivity contribution >= 4 is 34.2 Å². The van der Waals surface area contributed by atoms with Crippen LogP contribution in [0.3, 0.4) is 0 Å². The summed E-state index contributed by atoms with van der Waals surface area (Å²) in [6.45, 7) is 2.08. The van der Waals surface area contributed by atoms with E-state index in [1.807, 2.05) is 12.1 Å². The molecule has 166 valence electrons. The van der Waals surface area contributed by atoms with E-state index < -0.39 is 11.7 Å². The third kappa shape index (κ3) is 4.14. The Bertz CT molecular complexity index is 1480. The van der Waals surface area contributed by atoms with Gasteiger partial charge in [0.25, 0.3) is 5.95 Å². The van der Waals surface area contributed by atoms with Gasteiger partial charge in [-0.2, -0.15) is 23.3 Å². The van der Waals surface area contributed by atoms with E-state index in [9.17, 15) is 13.2 Å². The third-order valence-corrected chi connectivity index (χ3v) is 5.14. The van der Waals surface area contributed by atoms with Crippen molar-refractivity contribution < 1.29 is 17.6 Å². The Balaban J connectivity index is 1.33. The van der Waals surface area contributed by atoms with Crippen LogP contribution in [0.5, 0.6) is 0 Å². The molecular formula is C23H17F3N6O. The summed E-state index contributed by atoms with van der Waals surface area (Å²) in [4.78, 5) is 7.60. The van der Waals surface area contributed by atoms with Gasteiger partial charge in [0.1, 0.15) is 17.0 Å². The highest BCUT2D eigenvalue weighted by Gasteiger charge is 2.30. The van der Waals surface area contributed by atoms with Gasteiger partial charge < -0.3 is 9.40 Å². The first-order valence-corrected chi connectivity index (χ1v) is 10.1. The maximum Gasteiger partial charge on any atom is 0.416 e. The number of hydrogen-bond donors (Lipinski definition) is 2. The van der Waals surface area contributed by atoms with Gasteiger partial charge in [-0.15, -0.1) is 10.2 Å². The first-order chi connectivity index (χ1) is 15.9. The summed E-state index contributed by atoms with van der Waals surface area (Å²) >= 11 is 0. The Kier molecular flexibility index (Phi) is 5.04. The number of anilines is 1. The van der Waals surface area contributed by atoms with Crippen LogP contribution in [0.25, 0.3) is 33.4 Å². The lowest BCUT2D eigenvalue weighted by Gasteiger charge is -2.07. The molecule has 0 aliphatic rings. The molecule has 0 bridgehead atoms. The molecule has 0 spiro atoms. The molecule has 5 aromatic rings. The topological polar surface area (TPSA) is 92.0 Å². The Morgan fingerprint density at radius 3 is 2.79 bits per heavy atom. The van der Waals surface area contributed by atoms with Crippen LogP contribution in [0.15, 0.2) is 64.1 Å². The van der Waals surface area contributed by atoms with Gasteiger partial charge in [0.2, 0.25) is 0 Å². The highest BCUT2D eigenvalue weighted by Crippen LogP contribution is 2.32. The van der Waals surface area contributed by atoms with Crippen molar-refractivity contribution in [2.45, 2.75) is 19.5 Å². The summed E-state index contributed by atoms with van der Waals surface area (Å²) in [5.74, 6) is 0.832. The number of aryl methyl sites for hydroxylation is 1. The quantitative estimate of drug-likeness (QED) is 0.261. The lowest BCUT2D eigenvalue weighted by Crippen LogP contribution is -2.04. The molecule has 0 aliphatic heterocycles. The van der Waals surface area contributed by atoms with Crippen LogP contribution in [0, 0.1) is 0 Å². The molecule has 0 radical (unpaired) electrons. The number of hydrogen-bond acceptors (Lipinski definition) is 6. The fourth-order valence-corrected chi connectivity index (χ4v) is 3.47. The zero-order valence-electron chi connectivity index (χ0n) is 17.3. The second kappa shape index (κ2) is 8.05. The number of fused-ring (bicyclic) bond motifs is 3. The van der Waals surface area contributed by atoms with Gasteiger partial charge >= 0.3 is 6.18 Å². The first-order valence-electron chi connectivity index (χ1n) is 10.1. The van der Waals surface area contributed by atoms with Crippen molar-refractivity contribution in [1.29, 1.82) is 0 Å². The molecule has 5 rings (SSSR count). The van der Waals surface area contributed by atoms with E-state index in [2.05, 4.69) is 43.7 Å². The summed E-state index contributed by atoms with van der Waals surface area (Å²) in [5, 5.41) is 13.3. The van der Waals surface area contributed by atoms with Gasteiger partial charge in [-0.05, 0) is 48.4 Å². The SMILES string of the molecule is CCc1ccc2[nH]c3nc(NN=Cc4ccc(-c5cccc(C(F)(F)F)c5)o4)nnc3c2c1. The molecule has 0 aliphatic carbocycles. The normalized spacial score (nSPS) is 12.2. The molecule has 2 N–H and O–H groups in total. The highest BCUT2D eigenvalue weighted by molar-refractivity contribution is 6.03. The van der Waals surface area contributed by atoms with Gasteiger partial charge in [-0.1, -0.05) is 25.1 Å². The number of hydrazone groups is 1. The number of aromatic amines is 1. The highest BCUT2D eigenvalue weighted by atomic mass is 19.4. The average Bonchev–Trinajstić information content (AvgIpc) is 3.42. The van der Waals surface area contributed by atoms with E-state index >= 15 is 0 Å². The molecule has 0 unspecified atom stereocenters. The number of benzene rings is 2. The Hall–Kier alpha value is -4.21. The summed E-state index contributed by atoms with van der Waals surface area (Å²) in [6, 6.07) is 14.2. The molecule has 3 aromatic heterocycles. The molecule has 0 saturated carbocycles. The second-order valence-electron chi connectivity index (χ2n) is 7.34. The van der Waals surface area contributed by atoms with Crippen molar-refractivity contribution in [3.05, 3.63) is 71.5 Å². The smallest absolute Gasteiger partial charge is 0.416 e. The molecule has 7 nitrogen and oxygen atoms in total. The number of halogens is 3. The molecule has 0 saturated heterocycles. The number of rotatable bonds is 5. The standard InChI is InChI=1S/C23H17F3N6O/c1-2-13-6-8-18-17(10-13)20-21(28-18)29-22(32-30-20)31-27-12-16-7-9-19(33-16)14-4-3-5-15(11-14)23(24,25)26/h3-12H,2H2,1H3,(H2,28,29,31,32). The van der Waals surface area contributed by atoms with Crippen LogP contribution in [0.4, 0.5) is 19.1 Å². The fraction of sp³-hybridized carbons (Fsp3) is 0.130. The molecular weight excluding hydrogens is 433 g/mol. The van der Waals surface area contributed by atoms with Crippen LogP contribution < -0.4 is 5.43 Å². The maximum absolute atomic E-state index is 12.9. The number of alkyl halides is 3. The van der Waals surface area contributed by atoms with Gasteiger partial charge in [-0.25, -0.2) is 5.43 Å². The monoisotopic (exact) mass is 450 g/mol. The Labute approximate surface area is 185 Å². The second-order valence-corrected chi connectivity index (χ2v) is 7.34. The predicted octanol–water partition coefficient (Wildman–Crippen LogP) is 5.79. The largest absolute Gasteiger partial charge is 0.455 e. The van der Waals surface area contributed by atoms with Crippen molar-refractivity contribution in [3.8, 4) is 11.3 Å². The van der Waals surface area contributed by atoms with Crippen LogP contribution in [0.2, 0.25) is 0 Å². The number of aromatic nitrogens is 4. The van der Waals surface area contributed by atoms with Gasteiger partial charge in [-0.3, -0.25) is 0 Å². The van der Waals surface area contributed by atoms with Gasteiger partial charge in [0.15, 0.2) is 5.65 Å². The molecule has 0 atom stereocenters. The average molecular weight is 450 g/mol. The zero-order valence-corrected chi connectivity index (χ0v) is 17.3. The van der Waals surface area contributed by atoms with Crippen molar-refractivity contribution in [1.82, 2.24) is 20.2 Å². The van der Waals surface area contributed by atoms with E-state index in [1.165, 1.54) is 17.8 Å². The zero-order chi connectivity index (χ0) is 23.0. The van der Waals surface area contributed by atoms with Crippen LogP contribution >= 0.6 is 0 Å². The number of nitrogens with one attached hydrogen (secondary N) is 2. The van der Waals surface area contributed by atoms with E-state index in [4.69, 9.17) is 4.42 Å². The third-order valence-electron chi connectivity index (χ3n) is 5.14. The van der Waals surface area contributed by atoms with E-state index in [1.54, 1.807) is 18.2 Å². The number of H-pyrrole nitrogens is 1. The molecule has 10 heteroatoms. The van der Waals surface area contributed by atoms with Crippen molar-refractivity contribution in [3.63, 3.8) is 0 Å². The fourth-order valence-electron chi connectivity index (χ4n) is 3.47. The molecule has 2 aromatic carbocycles. The minimum atomic E-state index is -4.42. The summed E-state index contributed by atoms with van der Waals surface area (Å²) in [7, 11) is 0. The number of nitrogens with zero attached hydrogens (tertiary/aromatic N) is 4. The maximum atomic E-state index is 12.9. The molecule has 0 fully saturated rings. The van der Waals surface area contributed by atoms with Gasteiger partial charge in [0, 0.05) is 16.5 Å². The summed E-state index contributed by atoms with van der Waals surface area (Å²) in [6.07, 6.45) is -2.13. The van der Waals surface area contributed by atoms with Crippen molar-refractivity contribution in [2.24, 2.45) is 5.10 Å². The first kappa shape index (κ1) is 20.7. The van der Waals surface area contributed by atoms with Crippen LogP contribution in [-0.4, -0.2) is 26.4 Å². The lowest BCUT2D eigenvalue weighted by atomic mass is 10.1. The molecule has 3 heterocycles. The van der Waals surface area contributed by atoms with Crippen LogP contribution in [-0.2, 0) is 12.6 Å². The minimum absolute atomic E-state index is 0.186. The minimum Gasteiger partial charge on any atom is -0.455 e. The Morgan fingerprint density at radius 2 is 1.97 bits per heavy atom. The molecule has 33 heavy (non-hydrogen) atoms. The van der Waals surface area contributed by atoms with E-state index in [-0.39, 0.29) is 5.95 Å². The molecule has 0 amide bonds. The lowest BCUT2D eigenvalue weighted by molar-refractivity contribution is -0.137. The number of furan rings is 1. The summed E-state index contributed by atoms with van der Waals surface area (Å²) < 4.78 is 44.4. The van der Waals surface area contributed by atoms with E-state index in [0.29, 0.717) is 28.2 Å². The van der Waals surface area contributed by atoms with Gasteiger partial charge in [0.05, 0.1) is 11.8 Å². The van der Waals surface area contributed by atoms with E-state index in [0.717, 1.165) is 29.5 Å². The van der Waals surface area contributed by atoms with Crippen LogP contribution in [0.1, 0.15) is 23.8 Å². The summed E-state index contributed by atoms with van der Waals surface area (Å²) in [5.41, 5.74) is 5.63.